The SMILES string of the molecule is CCC(N)(CC)C(=O)N1CCC(C)C2CCCCC21. The minimum Gasteiger partial charge on any atom is -0.338 e. The van der Waals surface area contributed by atoms with Crippen LogP contribution in [0, 0.1) is 11.8 Å². The fourth-order valence-electron chi connectivity index (χ4n) is 4.00. The van der Waals surface area contributed by atoms with E-state index in [0.717, 1.165) is 31.7 Å². The number of rotatable bonds is 3. The van der Waals surface area contributed by atoms with Crippen LogP contribution in [0.15, 0.2) is 0 Å². The molecule has 3 nitrogen and oxygen atoms in total. The number of piperidine rings is 1. The highest BCUT2D eigenvalue weighted by molar-refractivity contribution is 5.86. The quantitative estimate of drug-likeness (QED) is 0.853. The van der Waals surface area contributed by atoms with Gasteiger partial charge in [-0.05, 0) is 43.9 Å². The number of hydrogen-bond acceptors (Lipinski definition) is 2. The monoisotopic (exact) mass is 266 g/mol. The zero-order valence-corrected chi connectivity index (χ0v) is 12.8. The predicted octanol–water partition coefficient (Wildman–Crippen LogP) is 2.93. The molecule has 2 N–H and O–H groups in total. The van der Waals surface area contributed by atoms with Gasteiger partial charge in [0.2, 0.25) is 5.91 Å². The van der Waals surface area contributed by atoms with Crippen LogP contribution in [0.2, 0.25) is 0 Å². The molecule has 0 radical (unpaired) electrons. The maximum absolute atomic E-state index is 12.8. The normalized spacial score (nSPS) is 32.0. The van der Waals surface area contributed by atoms with E-state index < -0.39 is 5.54 Å². The molecular weight excluding hydrogens is 236 g/mol. The highest BCUT2D eigenvalue weighted by atomic mass is 16.2. The maximum Gasteiger partial charge on any atom is 0.242 e. The lowest BCUT2D eigenvalue weighted by Crippen LogP contribution is -2.61. The van der Waals surface area contributed by atoms with Crippen LogP contribution >= 0.6 is 0 Å². The second-order valence-electron chi connectivity index (χ2n) is 6.64. The third kappa shape index (κ3) is 2.67. The van der Waals surface area contributed by atoms with E-state index in [1.165, 1.54) is 25.7 Å². The van der Waals surface area contributed by atoms with E-state index in [-0.39, 0.29) is 5.91 Å². The summed E-state index contributed by atoms with van der Waals surface area (Å²) >= 11 is 0. The molecule has 1 saturated carbocycles. The molecule has 1 saturated heterocycles. The van der Waals surface area contributed by atoms with Crippen molar-refractivity contribution in [2.24, 2.45) is 17.6 Å². The highest BCUT2D eigenvalue weighted by Gasteiger charge is 2.43. The summed E-state index contributed by atoms with van der Waals surface area (Å²) in [5.74, 6) is 1.69. The summed E-state index contributed by atoms with van der Waals surface area (Å²) in [4.78, 5) is 15.0. The lowest BCUT2D eigenvalue weighted by molar-refractivity contribution is -0.145. The second kappa shape index (κ2) is 5.82. The fourth-order valence-corrected chi connectivity index (χ4v) is 4.00. The molecule has 0 aromatic heterocycles. The van der Waals surface area contributed by atoms with Crippen LogP contribution in [0.5, 0.6) is 0 Å². The Morgan fingerprint density at radius 2 is 1.84 bits per heavy atom. The number of nitrogens with two attached hydrogens (primary N) is 1. The largest absolute Gasteiger partial charge is 0.338 e. The molecule has 2 rings (SSSR count). The van der Waals surface area contributed by atoms with E-state index in [0.29, 0.717) is 12.0 Å². The van der Waals surface area contributed by atoms with Crippen LogP contribution in [-0.4, -0.2) is 28.9 Å². The Hall–Kier alpha value is -0.570. The Labute approximate surface area is 117 Å². The van der Waals surface area contributed by atoms with Crippen molar-refractivity contribution in [3.05, 3.63) is 0 Å². The number of hydrogen-bond donors (Lipinski definition) is 1. The van der Waals surface area contributed by atoms with Crippen molar-refractivity contribution in [2.75, 3.05) is 6.54 Å². The lowest BCUT2D eigenvalue weighted by Gasteiger charge is -2.49. The molecule has 3 heteroatoms. The smallest absolute Gasteiger partial charge is 0.242 e. The van der Waals surface area contributed by atoms with Crippen molar-refractivity contribution < 1.29 is 4.79 Å². The van der Waals surface area contributed by atoms with Gasteiger partial charge in [-0.25, -0.2) is 0 Å². The molecule has 3 unspecified atom stereocenters. The molecule has 1 amide bonds. The summed E-state index contributed by atoms with van der Waals surface area (Å²) < 4.78 is 0. The minimum atomic E-state index is -0.636. The van der Waals surface area contributed by atoms with Crippen LogP contribution in [0.4, 0.5) is 0 Å². The molecule has 1 aliphatic carbocycles. The average molecular weight is 266 g/mol. The van der Waals surface area contributed by atoms with E-state index in [4.69, 9.17) is 5.73 Å². The first-order chi connectivity index (χ1) is 9.03. The van der Waals surface area contributed by atoms with Crippen LogP contribution in [0.3, 0.4) is 0 Å². The molecule has 1 aliphatic heterocycles. The topological polar surface area (TPSA) is 46.3 Å². The van der Waals surface area contributed by atoms with Gasteiger partial charge in [0, 0.05) is 12.6 Å². The van der Waals surface area contributed by atoms with E-state index >= 15 is 0 Å². The molecule has 1 heterocycles. The second-order valence-corrected chi connectivity index (χ2v) is 6.64. The molecule has 3 atom stereocenters. The van der Waals surface area contributed by atoms with Gasteiger partial charge in [-0.1, -0.05) is 33.6 Å². The van der Waals surface area contributed by atoms with E-state index in [9.17, 15) is 4.79 Å². The molecule has 110 valence electrons. The van der Waals surface area contributed by atoms with Gasteiger partial charge in [-0.15, -0.1) is 0 Å². The molecule has 2 fully saturated rings. The third-order valence-electron chi connectivity index (χ3n) is 5.69. The van der Waals surface area contributed by atoms with Gasteiger partial charge in [-0.2, -0.15) is 0 Å². The van der Waals surface area contributed by atoms with Crippen molar-refractivity contribution in [2.45, 2.75) is 77.3 Å². The Kier molecular flexibility index (Phi) is 4.54. The molecule has 2 aliphatic rings. The predicted molar refractivity (Wildman–Crippen MR) is 78.7 cm³/mol. The Balaban J connectivity index is 2.17. The Morgan fingerprint density at radius 1 is 1.21 bits per heavy atom. The molecule has 0 spiro atoms. The molecular formula is C16H30N2O. The van der Waals surface area contributed by atoms with Gasteiger partial charge in [-0.3, -0.25) is 4.79 Å². The summed E-state index contributed by atoms with van der Waals surface area (Å²) in [6.07, 6.45) is 7.72. The highest BCUT2D eigenvalue weighted by Crippen LogP contribution is 2.39. The van der Waals surface area contributed by atoms with Crippen molar-refractivity contribution in [3.8, 4) is 0 Å². The van der Waals surface area contributed by atoms with Crippen LogP contribution in [-0.2, 0) is 4.79 Å². The van der Waals surface area contributed by atoms with E-state index in [1.807, 2.05) is 13.8 Å². The van der Waals surface area contributed by atoms with Crippen molar-refractivity contribution >= 4 is 5.91 Å². The Bertz CT molecular complexity index is 325. The van der Waals surface area contributed by atoms with Crippen molar-refractivity contribution in [3.63, 3.8) is 0 Å². The molecule has 19 heavy (non-hydrogen) atoms. The molecule has 0 aromatic rings. The summed E-state index contributed by atoms with van der Waals surface area (Å²) in [5, 5.41) is 0. The fraction of sp³-hybridized carbons (Fsp3) is 0.938. The van der Waals surface area contributed by atoms with Gasteiger partial charge < -0.3 is 10.6 Å². The zero-order chi connectivity index (χ0) is 14.0. The van der Waals surface area contributed by atoms with Gasteiger partial charge in [0.1, 0.15) is 0 Å². The first kappa shape index (κ1) is 14.8. The number of likely N-dealkylation sites (tertiary alicyclic amines) is 1. The van der Waals surface area contributed by atoms with Gasteiger partial charge in [0.15, 0.2) is 0 Å². The van der Waals surface area contributed by atoms with Gasteiger partial charge >= 0.3 is 0 Å². The average Bonchev–Trinajstić information content (AvgIpc) is 2.46. The number of carbonyl (C=O) groups excluding carboxylic acids is 1. The number of amides is 1. The summed E-state index contributed by atoms with van der Waals surface area (Å²) in [7, 11) is 0. The summed E-state index contributed by atoms with van der Waals surface area (Å²) in [5.41, 5.74) is 5.70. The summed E-state index contributed by atoms with van der Waals surface area (Å²) in [6.45, 7) is 7.35. The van der Waals surface area contributed by atoms with Crippen molar-refractivity contribution in [1.29, 1.82) is 0 Å². The minimum absolute atomic E-state index is 0.210. The van der Waals surface area contributed by atoms with Gasteiger partial charge in [0.05, 0.1) is 5.54 Å². The zero-order valence-electron chi connectivity index (χ0n) is 12.8. The van der Waals surface area contributed by atoms with E-state index in [2.05, 4.69) is 11.8 Å². The Morgan fingerprint density at radius 3 is 2.47 bits per heavy atom. The van der Waals surface area contributed by atoms with Gasteiger partial charge in [0.25, 0.3) is 0 Å². The number of fused-ring (bicyclic) bond motifs is 1. The van der Waals surface area contributed by atoms with Crippen LogP contribution in [0.1, 0.15) is 65.7 Å². The first-order valence-corrected chi connectivity index (χ1v) is 8.13. The standard InChI is InChI=1S/C16H30N2O/c1-4-16(17,5-2)15(19)18-11-10-12(3)13-8-6-7-9-14(13)18/h12-14H,4-11,17H2,1-3H3. The summed E-state index contributed by atoms with van der Waals surface area (Å²) in [6, 6.07) is 0.464. The van der Waals surface area contributed by atoms with Crippen LogP contribution in [0.25, 0.3) is 0 Å². The lowest BCUT2D eigenvalue weighted by atomic mass is 9.72. The third-order valence-corrected chi connectivity index (χ3v) is 5.69. The molecule has 0 aromatic carbocycles. The van der Waals surface area contributed by atoms with E-state index in [1.54, 1.807) is 0 Å². The maximum atomic E-state index is 12.8. The number of carbonyl (C=O) groups is 1. The van der Waals surface area contributed by atoms with Crippen LogP contribution < -0.4 is 5.73 Å². The molecule has 0 bridgehead atoms. The first-order valence-electron chi connectivity index (χ1n) is 8.13. The van der Waals surface area contributed by atoms with Crippen molar-refractivity contribution in [1.82, 2.24) is 4.90 Å². The number of nitrogens with zero attached hydrogens (tertiary/aromatic N) is 1.